The molecule has 2 heterocycles. The molecular formula is C33H38FN5O2. The van der Waals surface area contributed by atoms with Gasteiger partial charge in [0.25, 0.3) is 0 Å². The molecule has 0 saturated heterocycles. The van der Waals surface area contributed by atoms with E-state index < -0.39 is 11.1 Å². The fraction of sp³-hybridized carbons (Fsp3) is 0.636. The van der Waals surface area contributed by atoms with Crippen molar-refractivity contribution >= 4 is 11.6 Å². The summed E-state index contributed by atoms with van der Waals surface area (Å²) in [6.07, 6.45) is 12.6. The molecule has 0 radical (unpaired) electrons. The summed E-state index contributed by atoms with van der Waals surface area (Å²) >= 11 is 0. The van der Waals surface area contributed by atoms with Crippen LogP contribution in [0.4, 0.5) is 10.1 Å². The van der Waals surface area contributed by atoms with Gasteiger partial charge in [0, 0.05) is 47.8 Å². The highest BCUT2D eigenvalue weighted by Gasteiger charge is 2.73. The average molecular weight is 556 g/mol. The van der Waals surface area contributed by atoms with Crippen LogP contribution in [0.1, 0.15) is 113 Å². The summed E-state index contributed by atoms with van der Waals surface area (Å²) in [6.45, 7) is 0.696. The molecule has 11 rings (SSSR count). The van der Waals surface area contributed by atoms with Crippen LogP contribution in [0.15, 0.2) is 34.9 Å². The number of amides is 1. The Labute approximate surface area is 239 Å². The lowest BCUT2D eigenvalue weighted by molar-refractivity contribution is -0.211. The molecule has 214 valence electrons. The third-order valence-electron chi connectivity index (χ3n) is 11.8. The van der Waals surface area contributed by atoms with Crippen LogP contribution in [0.25, 0.3) is 11.4 Å². The molecule has 3 aromatic rings. The number of aryl methyl sites for hydroxylation is 1. The second kappa shape index (κ2) is 8.07. The van der Waals surface area contributed by atoms with Crippen molar-refractivity contribution < 1.29 is 13.7 Å². The highest BCUT2D eigenvalue weighted by Crippen LogP contribution is 2.70. The van der Waals surface area contributed by atoms with Crippen molar-refractivity contribution in [3.8, 4) is 11.4 Å². The van der Waals surface area contributed by atoms with Crippen LogP contribution < -0.4 is 4.90 Å². The Bertz CT molecular complexity index is 1520. The third kappa shape index (κ3) is 3.74. The first-order chi connectivity index (χ1) is 19.8. The Morgan fingerprint density at radius 1 is 1.02 bits per heavy atom. The minimum atomic E-state index is -1.11. The quantitative estimate of drug-likeness (QED) is 0.308. The smallest absolute Gasteiger partial charge is 0.233 e. The van der Waals surface area contributed by atoms with Gasteiger partial charge in [0.1, 0.15) is 5.67 Å². The van der Waals surface area contributed by atoms with Gasteiger partial charge in [-0.05, 0) is 107 Å². The van der Waals surface area contributed by atoms with Crippen molar-refractivity contribution in [2.24, 2.45) is 17.9 Å². The van der Waals surface area contributed by atoms with Crippen LogP contribution in [0.3, 0.4) is 0 Å². The zero-order chi connectivity index (χ0) is 27.6. The molecule has 8 saturated carbocycles. The fourth-order valence-corrected chi connectivity index (χ4v) is 8.84. The molecule has 1 aromatic carbocycles. The largest absolute Gasteiger partial charge is 0.339 e. The number of hydrogen-bond donors (Lipinski definition) is 0. The molecule has 8 fully saturated rings. The summed E-state index contributed by atoms with van der Waals surface area (Å²) in [5.41, 5.74) is 3.07. The maximum absolute atomic E-state index is 14.6. The van der Waals surface area contributed by atoms with Gasteiger partial charge in [-0.25, -0.2) is 4.39 Å². The predicted molar refractivity (Wildman–Crippen MR) is 151 cm³/mol. The number of carbonyl (C=O) groups is 1. The van der Waals surface area contributed by atoms with Crippen molar-refractivity contribution in [3.05, 3.63) is 47.6 Å². The summed E-state index contributed by atoms with van der Waals surface area (Å²) in [4.78, 5) is 20.9. The van der Waals surface area contributed by atoms with Gasteiger partial charge in [-0.2, -0.15) is 10.1 Å². The summed E-state index contributed by atoms with van der Waals surface area (Å²) < 4.78 is 22.2. The number of halogens is 1. The summed E-state index contributed by atoms with van der Waals surface area (Å²) in [7, 11) is 2.11. The molecule has 0 atom stereocenters. The maximum Gasteiger partial charge on any atom is 0.233 e. The number of carbonyl (C=O) groups excluding carboxylic acids is 1. The van der Waals surface area contributed by atoms with Gasteiger partial charge in [-0.1, -0.05) is 17.3 Å². The van der Waals surface area contributed by atoms with E-state index in [1.165, 1.54) is 24.2 Å². The van der Waals surface area contributed by atoms with Crippen LogP contribution in [0.2, 0.25) is 0 Å². The molecule has 0 unspecified atom stereocenters. The number of aromatic nitrogens is 4. The molecule has 7 nitrogen and oxygen atoms in total. The molecule has 8 aliphatic carbocycles. The molecule has 8 heteroatoms. The predicted octanol–water partition coefficient (Wildman–Crippen LogP) is 6.74. The van der Waals surface area contributed by atoms with Crippen LogP contribution >= 0.6 is 0 Å². The molecule has 4 bridgehead atoms. The lowest BCUT2D eigenvalue weighted by Gasteiger charge is -2.65. The first-order valence-electron chi connectivity index (χ1n) is 15.8. The molecule has 0 spiro atoms. The minimum Gasteiger partial charge on any atom is -0.339 e. The highest BCUT2D eigenvalue weighted by molar-refractivity contribution is 6.00. The molecule has 8 aliphatic rings. The number of anilines is 1. The van der Waals surface area contributed by atoms with E-state index in [-0.39, 0.29) is 16.7 Å². The van der Waals surface area contributed by atoms with Crippen LogP contribution in [-0.4, -0.2) is 38.0 Å². The first kappa shape index (κ1) is 24.6. The molecule has 2 aromatic heterocycles. The van der Waals surface area contributed by atoms with E-state index >= 15 is 0 Å². The van der Waals surface area contributed by atoms with Gasteiger partial charge < -0.3 is 9.42 Å². The van der Waals surface area contributed by atoms with Crippen LogP contribution in [0, 0.1) is 10.8 Å². The molecule has 0 aliphatic heterocycles. The molecule has 0 N–H and O–H groups in total. The second-order valence-corrected chi connectivity index (χ2v) is 14.8. The standard InChI is InChI=1S/C33H38FN5O2/c1-38-25(21-5-6-21)16-26(36-38)31-12-9-30(10-13-31,11-14-31)20-39(29(40)32-17-33(34,18-32)19-32)24-4-2-3-23(15-24)27-35-28(41-37-27)22-7-8-22/h2-4,15-16,21-22H,5-14,17-20H2,1H3. The van der Waals surface area contributed by atoms with Gasteiger partial charge in [-0.3, -0.25) is 9.48 Å². The number of rotatable bonds is 8. The fourth-order valence-electron chi connectivity index (χ4n) is 8.84. The van der Waals surface area contributed by atoms with E-state index in [1.54, 1.807) is 0 Å². The summed E-state index contributed by atoms with van der Waals surface area (Å²) in [6, 6.07) is 10.4. The molecule has 41 heavy (non-hydrogen) atoms. The zero-order valence-electron chi connectivity index (χ0n) is 23.9. The topological polar surface area (TPSA) is 77.0 Å². The van der Waals surface area contributed by atoms with Crippen LogP contribution in [-0.2, 0) is 17.3 Å². The van der Waals surface area contributed by atoms with Gasteiger partial charge in [-0.15, -0.1) is 0 Å². The number of hydrogen-bond acceptors (Lipinski definition) is 5. The van der Waals surface area contributed by atoms with E-state index in [1.807, 2.05) is 29.2 Å². The summed E-state index contributed by atoms with van der Waals surface area (Å²) in [5, 5.41) is 9.29. The van der Waals surface area contributed by atoms with Crippen molar-refractivity contribution in [2.45, 2.75) is 106 Å². The van der Waals surface area contributed by atoms with E-state index in [0.29, 0.717) is 49.4 Å². The van der Waals surface area contributed by atoms with Gasteiger partial charge in [0.05, 0.1) is 11.1 Å². The SMILES string of the molecule is Cn1nc(C23CCC(CN(C(=O)C45CC(F)(C4)C5)c4cccc(-c5noc(C6CC6)n5)c4)(CC2)CC3)cc1C1CC1. The molecule has 1 amide bonds. The Morgan fingerprint density at radius 3 is 2.39 bits per heavy atom. The number of fused-ring (bicyclic) bond motifs is 3. The van der Waals surface area contributed by atoms with Crippen molar-refractivity contribution in [1.82, 2.24) is 19.9 Å². The normalized spacial score (nSPS) is 35.2. The number of nitrogens with zero attached hydrogens (tertiary/aromatic N) is 5. The monoisotopic (exact) mass is 555 g/mol. The Balaban J connectivity index is 0.998. The Kier molecular flexibility index (Phi) is 4.84. The van der Waals surface area contributed by atoms with Crippen molar-refractivity contribution in [2.75, 3.05) is 11.4 Å². The number of alkyl halides is 1. The second-order valence-electron chi connectivity index (χ2n) is 14.8. The lowest BCUT2D eigenvalue weighted by Crippen LogP contribution is -2.71. The Morgan fingerprint density at radius 2 is 1.73 bits per heavy atom. The highest BCUT2D eigenvalue weighted by atomic mass is 19.1. The van der Waals surface area contributed by atoms with E-state index in [2.05, 4.69) is 27.9 Å². The van der Waals surface area contributed by atoms with Gasteiger partial charge in [0.2, 0.25) is 17.6 Å². The van der Waals surface area contributed by atoms with Gasteiger partial charge in [0.15, 0.2) is 0 Å². The summed E-state index contributed by atoms with van der Waals surface area (Å²) in [5.74, 6) is 2.49. The van der Waals surface area contributed by atoms with Gasteiger partial charge >= 0.3 is 0 Å². The van der Waals surface area contributed by atoms with E-state index in [0.717, 1.165) is 62.6 Å². The Hall–Kier alpha value is -3.03. The molecular weight excluding hydrogens is 517 g/mol. The zero-order valence-corrected chi connectivity index (χ0v) is 23.9. The van der Waals surface area contributed by atoms with E-state index in [9.17, 15) is 9.18 Å². The van der Waals surface area contributed by atoms with E-state index in [4.69, 9.17) is 9.62 Å². The maximum atomic E-state index is 14.6. The first-order valence-corrected chi connectivity index (χ1v) is 15.8. The van der Waals surface area contributed by atoms with Crippen molar-refractivity contribution in [1.29, 1.82) is 0 Å². The third-order valence-corrected chi connectivity index (χ3v) is 11.8. The average Bonchev–Trinajstić information content (AvgIpc) is 3.90. The van der Waals surface area contributed by atoms with Crippen molar-refractivity contribution in [3.63, 3.8) is 0 Å². The lowest BCUT2D eigenvalue weighted by atomic mass is 9.41. The van der Waals surface area contributed by atoms with Crippen LogP contribution in [0.5, 0.6) is 0 Å². The number of benzene rings is 1. The minimum absolute atomic E-state index is 0.0870.